The summed E-state index contributed by atoms with van der Waals surface area (Å²) < 4.78 is 0. The summed E-state index contributed by atoms with van der Waals surface area (Å²) in [6.07, 6.45) is 6.61. The molecule has 0 atom stereocenters. The zero-order chi connectivity index (χ0) is 17.9. The van der Waals surface area contributed by atoms with Gasteiger partial charge >= 0.3 is 0 Å². The second kappa shape index (κ2) is 9.07. The van der Waals surface area contributed by atoms with Crippen LogP contribution >= 0.6 is 12.4 Å². The van der Waals surface area contributed by atoms with Gasteiger partial charge in [0.2, 0.25) is 11.8 Å². The zero-order valence-corrected chi connectivity index (χ0v) is 16.7. The first-order valence-electron chi connectivity index (χ1n) is 10.1. The fourth-order valence-corrected chi connectivity index (χ4v) is 4.10. The zero-order valence-electron chi connectivity index (χ0n) is 15.9. The number of anilines is 1. The lowest BCUT2D eigenvalue weighted by Crippen LogP contribution is -2.46. The summed E-state index contributed by atoms with van der Waals surface area (Å²) in [5.74, 6) is 1.22. The quantitative estimate of drug-likeness (QED) is 0.811. The average Bonchev–Trinajstić information content (AvgIpc) is 3.50. The van der Waals surface area contributed by atoms with Crippen molar-refractivity contribution in [3.8, 4) is 0 Å². The molecule has 1 saturated heterocycles. The second-order valence-corrected chi connectivity index (χ2v) is 7.93. The van der Waals surface area contributed by atoms with E-state index in [1.54, 1.807) is 4.90 Å². The molecule has 1 N–H and O–H groups in total. The minimum Gasteiger partial charge on any atom is -0.343 e. The van der Waals surface area contributed by atoms with Crippen molar-refractivity contribution >= 4 is 29.9 Å². The van der Waals surface area contributed by atoms with Crippen molar-refractivity contribution in [1.82, 2.24) is 10.2 Å². The van der Waals surface area contributed by atoms with E-state index in [2.05, 4.69) is 11.4 Å². The number of amides is 2. The van der Waals surface area contributed by atoms with E-state index < -0.39 is 0 Å². The Balaban J connectivity index is 0.00000210. The van der Waals surface area contributed by atoms with Crippen LogP contribution in [0.25, 0.3) is 0 Å². The SMILES string of the molecule is Cl.O=C(CCN1C(=O)CCc2ccccc21)N1CCC(NCC2CC2)CC1. The molecule has 2 aliphatic heterocycles. The van der Waals surface area contributed by atoms with Gasteiger partial charge in [-0.1, -0.05) is 18.2 Å². The topological polar surface area (TPSA) is 52.7 Å². The number of hydrogen-bond acceptors (Lipinski definition) is 3. The van der Waals surface area contributed by atoms with E-state index in [-0.39, 0.29) is 24.2 Å². The van der Waals surface area contributed by atoms with Gasteiger partial charge < -0.3 is 15.1 Å². The van der Waals surface area contributed by atoms with E-state index >= 15 is 0 Å². The van der Waals surface area contributed by atoms with Gasteiger partial charge in [0.05, 0.1) is 0 Å². The van der Waals surface area contributed by atoms with E-state index in [0.717, 1.165) is 50.5 Å². The first kappa shape index (κ1) is 20.2. The van der Waals surface area contributed by atoms with Crippen molar-refractivity contribution in [2.45, 2.75) is 51.0 Å². The Bertz CT molecular complexity index is 669. The van der Waals surface area contributed by atoms with Gasteiger partial charge in [-0.15, -0.1) is 12.4 Å². The molecule has 148 valence electrons. The number of benzene rings is 1. The lowest BCUT2D eigenvalue weighted by atomic mass is 10.0. The fourth-order valence-electron chi connectivity index (χ4n) is 4.10. The molecule has 3 aliphatic rings. The number of fused-ring (bicyclic) bond motifs is 1. The standard InChI is InChI=1S/C21H29N3O2.ClH/c25-20(23-12-9-18(10-13-23)22-15-16-5-6-16)11-14-24-19-4-2-1-3-17(19)7-8-21(24)26;/h1-4,16,18,22H,5-15H2;1H. The number of carbonyl (C=O) groups is 2. The number of rotatable bonds is 6. The van der Waals surface area contributed by atoms with Gasteiger partial charge in [-0.2, -0.15) is 0 Å². The number of piperidine rings is 1. The number of para-hydroxylation sites is 1. The van der Waals surface area contributed by atoms with Crippen LogP contribution in [0.5, 0.6) is 0 Å². The Morgan fingerprint density at radius 1 is 1.07 bits per heavy atom. The lowest BCUT2D eigenvalue weighted by Gasteiger charge is -2.34. The number of carbonyl (C=O) groups excluding carboxylic acids is 2. The van der Waals surface area contributed by atoms with Gasteiger partial charge in [-0.05, 0) is 56.2 Å². The molecule has 0 unspecified atom stereocenters. The number of hydrogen-bond donors (Lipinski definition) is 1. The predicted octanol–water partition coefficient (Wildman–Crippen LogP) is 2.77. The number of halogens is 1. The van der Waals surface area contributed by atoms with Gasteiger partial charge in [-0.25, -0.2) is 0 Å². The van der Waals surface area contributed by atoms with Crippen LogP contribution < -0.4 is 10.2 Å². The molecule has 4 rings (SSSR count). The highest BCUT2D eigenvalue weighted by Gasteiger charge is 2.28. The molecular formula is C21H30ClN3O2. The summed E-state index contributed by atoms with van der Waals surface area (Å²) in [7, 11) is 0. The molecule has 1 aromatic rings. The molecule has 6 heteroatoms. The van der Waals surface area contributed by atoms with E-state index in [4.69, 9.17) is 0 Å². The van der Waals surface area contributed by atoms with E-state index in [9.17, 15) is 9.59 Å². The van der Waals surface area contributed by atoms with Crippen molar-refractivity contribution in [3.05, 3.63) is 29.8 Å². The predicted molar refractivity (Wildman–Crippen MR) is 109 cm³/mol. The monoisotopic (exact) mass is 391 g/mol. The molecule has 0 aromatic heterocycles. The van der Waals surface area contributed by atoms with Crippen molar-refractivity contribution in [2.75, 3.05) is 31.1 Å². The molecule has 1 saturated carbocycles. The van der Waals surface area contributed by atoms with Gasteiger partial charge in [0.25, 0.3) is 0 Å². The van der Waals surface area contributed by atoms with Gasteiger partial charge in [0, 0.05) is 44.2 Å². The molecule has 27 heavy (non-hydrogen) atoms. The van der Waals surface area contributed by atoms with Crippen LogP contribution in [0, 0.1) is 5.92 Å². The molecular weight excluding hydrogens is 362 g/mol. The van der Waals surface area contributed by atoms with Gasteiger partial charge in [0.15, 0.2) is 0 Å². The second-order valence-electron chi connectivity index (χ2n) is 7.93. The van der Waals surface area contributed by atoms with Crippen molar-refractivity contribution in [1.29, 1.82) is 0 Å². The largest absolute Gasteiger partial charge is 0.343 e. The molecule has 2 heterocycles. The highest BCUT2D eigenvalue weighted by molar-refractivity contribution is 5.97. The third-order valence-corrected chi connectivity index (χ3v) is 5.98. The first-order valence-corrected chi connectivity index (χ1v) is 10.1. The highest BCUT2D eigenvalue weighted by atomic mass is 35.5. The summed E-state index contributed by atoms with van der Waals surface area (Å²) in [4.78, 5) is 28.7. The minimum atomic E-state index is 0. The number of nitrogens with one attached hydrogen (secondary N) is 1. The summed E-state index contributed by atoms with van der Waals surface area (Å²) in [5.41, 5.74) is 2.20. The number of likely N-dealkylation sites (tertiary alicyclic amines) is 1. The first-order chi connectivity index (χ1) is 12.7. The summed E-state index contributed by atoms with van der Waals surface area (Å²) in [6.45, 7) is 3.32. The summed E-state index contributed by atoms with van der Waals surface area (Å²) >= 11 is 0. The van der Waals surface area contributed by atoms with Crippen LogP contribution in [0.15, 0.2) is 24.3 Å². The fraction of sp³-hybridized carbons (Fsp3) is 0.619. The van der Waals surface area contributed by atoms with Crippen LogP contribution in [0.4, 0.5) is 5.69 Å². The Morgan fingerprint density at radius 2 is 1.81 bits per heavy atom. The van der Waals surface area contributed by atoms with Crippen LogP contribution in [0.2, 0.25) is 0 Å². The summed E-state index contributed by atoms with van der Waals surface area (Å²) in [6, 6.07) is 8.62. The molecule has 0 bridgehead atoms. The number of aryl methyl sites for hydroxylation is 1. The Kier molecular flexibility index (Phi) is 6.77. The maximum absolute atomic E-state index is 12.6. The van der Waals surface area contributed by atoms with E-state index in [1.165, 1.54) is 18.4 Å². The van der Waals surface area contributed by atoms with Crippen LogP contribution in [0.1, 0.15) is 44.1 Å². The van der Waals surface area contributed by atoms with E-state index in [0.29, 0.717) is 25.4 Å². The molecule has 2 amide bonds. The molecule has 0 spiro atoms. The normalized spacial score (nSPS) is 20.2. The smallest absolute Gasteiger partial charge is 0.227 e. The highest BCUT2D eigenvalue weighted by Crippen LogP contribution is 2.29. The lowest BCUT2D eigenvalue weighted by molar-refractivity contribution is -0.132. The summed E-state index contributed by atoms with van der Waals surface area (Å²) in [5, 5.41) is 3.65. The maximum atomic E-state index is 12.6. The average molecular weight is 392 g/mol. The van der Waals surface area contributed by atoms with Crippen LogP contribution in [-0.4, -0.2) is 48.9 Å². The molecule has 2 fully saturated rings. The van der Waals surface area contributed by atoms with Gasteiger partial charge in [-0.3, -0.25) is 9.59 Å². The Morgan fingerprint density at radius 3 is 2.56 bits per heavy atom. The van der Waals surface area contributed by atoms with Crippen molar-refractivity contribution in [3.63, 3.8) is 0 Å². The van der Waals surface area contributed by atoms with Crippen LogP contribution in [0.3, 0.4) is 0 Å². The third-order valence-electron chi connectivity index (χ3n) is 5.98. The third kappa shape index (κ3) is 5.02. The minimum absolute atomic E-state index is 0. The van der Waals surface area contributed by atoms with Crippen molar-refractivity contribution < 1.29 is 9.59 Å². The molecule has 0 radical (unpaired) electrons. The van der Waals surface area contributed by atoms with E-state index in [1.807, 2.05) is 23.1 Å². The van der Waals surface area contributed by atoms with Crippen molar-refractivity contribution in [2.24, 2.45) is 5.92 Å². The molecule has 5 nitrogen and oxygen atoms in total. The number of nitrogens with zero attached hydrogens (tertiary/aromatic N) is 2. The molecule has 1 aromatic carbocycles. The van der Waals surface area contributed by atoms with Gasteiger partial charge in [0.1, 0.15) is 0 Å². The Labute approximate surface area is 167 Å². The maximum Gasteiger partial charge on any atom is 0.227 e. The molecule has 1 aliphatic carbocycles. The van der Waals surface area contributed by atoms with Crippen LogP contribution in [-0.2, 0) is 16.0 Å². The Hall–Kier alpha value is -1.59.